The number of hydrogen-bond donors (Lipinski definition) is 4. The van der Waals surface area contributed by atoms with E-state index >= 15 is 0 Å². The van der Waals surface area contributed by atoms with Gasteiger partial charge in [-0.3, -0.25) is 0 Å². The molecule has 0 unspecified atom stereocenters. The summed E-state index contributed by atoms with van der Waals surface area (Å²) in [4.78, 5) is 3.99. The van der Waals surface area contributed by atoms with Gasteiger partial charge in [0.25, 0.3) is 0 Å². The Labute approximate surface area is 150 Å². The molecular formula is C18H18ClN5O. The van der Waals surface area contributed by atoms with Gasteiger partial charge in [-0.15, -0.1) is 0 Å². The highest BCUT2D eigenvalue weighted by Crippen LogP contribution is 2.30. The molecule has 0 spiro atoms. The van der Waals surface area contributed by atoms with Gasteiger partial charge in [-0.05, 0) is 28.8 Å². The summed E-state index contributed by atoms with van der Waals surface area (Å²) in [5, 5.41) is 0.708. The molecule has 1 heterocycles. The molecule has 0 aliphatic heterocycles. The quantitative estimate of drug-likeness (QED) is 0.412. The van der Waals surface area contributed by atoms with Gasteiger partial charge in [-0.2, -0.15) is 0 Å². The Hall–Kier alpha value is -2.96. The maximum absolute atomic E-state index is 6.03. The third kappa shape index (κ3) is 3.93. The highest BCUT2D eigenvalue weighted by molar-refractivity contribution is 6.30. The van der Waals surface area contributed by atoms with E-state index in [0.717, 1.165) is 16.7 Å². The van der Waals surface area contributed by atoms with E-state index in [4.69, 9.17) is 33.6 Å². The van der Waals surface area contributed by atoms with E-state index in [-0.39, 0.29) is 11.6 Å². The predicted molar refractivity (Wildman–Crippen MR) is 102 cm³/mol. The van der Waals surface area contributed by atoms with Crippen LogP contribution in [0.5, 0.6) is 5.75 Å². The first-order valence-electron chi connectivity index (χ1n) is 7.57. The zero-order valence-corrected chi connectivity index (χ0v) is 14.1. The van der Waals surface area contributed by atoms with Crippen molar-refractivity contribution in [2.75, 3.05) is 16.9 Å². The predicted octanol–water partition coefficient (Wildman–Crippen LogP) is 3.43. The molecule has 3 aromatic rings. The van der Waals surface area contributed by atoms with Crippen LogP contribution >= 0.6 is 11.6 Å². The van der Waals surface area contributed by atoms with Crippen molar-refractivity contribution in [3.8, 4) is 16.9 Å². The summed E-state index contributed by atoms with van der Waals surface area (Å²) in [6.07, 6.45) is 0. The number of nitrogens with one attached hydrogen (secondary N) is 1. The number of halogens is 1. The zero-order chi connectivity index (χ0) is 17.8. The molecule has 0 bridgehead atoms. The minimum Gasteiger partial charge on any atom is -0.486 e. The van der Waals surface area contributed by atoms with Gasteiger partial charge < -0.3 is 21.6 Å². The summed E-state index contributed by atoms with van der Waals surface area (Å²) < 4.78 is 5.75. The van der Waals surface area contributed by atoms with Gasteiger partial charge in [0, 0.05) is 11.1 Å². The van der Waals surface area contributed by atoms with E-state index in [0.29, 0.717) is 23.1 Å². The number of nitrogens with two attached hydrogens (primary N) is 3. The Morgan fingerprint density at radius 2 is 1.76 bits per heavy atom. The lowest BCUT2D eigenvalue weighted by atomic mass is 10.0. The van der Waals surface area contributed by atoms with E-state index in [1.807, 2.05) is 48.5 Å². The van der Waals surface area contributed by atoms with Crippen LogP contribution in [0.25, 0.3) is 11.1 Å². The van der Waals surface area contributed by atoms with Crippen molar-refractivity contribution in [3.05, 3.63) is 65.2 Å². The maximum Gasteiger partial charge on any atom is 0.169 e. The fourth-order valence-electron chi connectivity index (χ4n) is 2.40. The van der Waals surface area contributed by atoms with Crippen molar-refractivity contribution in [1.82, 2.24) is 4.98 Å². The molecule has 0 saturated carbocycles. The average molecular weight is 356 g/mol. The average Bonchev–Trinajstić information content (AvgIpc) is 2.62. The van der Waals surface area contributed by atoms with Gasteiger partial charge in [0.05, 0.1) is 0 Å². The van der Waals surface area contributed by atoms with E-state index in [1.54, 1.807) is 6.07 Å². The van der Waals surface area contributed by atoms with Crippen molar-refractivity contribution in [2.45, 2.75) is 6.61 Å². The first kappa shape index (κ1) is 16.9. The molecule has 7 heteroatoms. The van der Waals surface area contributed by atoms with Gasteiger partial charge in [0.15, 0.2) is 5.82 Å². The lowest BCUT2D eigenvalue weighted by Gasteiger charge is -2.13. The molecule has 6 nitrogen and oxygen atoms in total. The fourth-order valence-corrected chi connectivity index (χ4v) is 2.59. The summed E-state index contributed by atoms with van der Waals surface area (Å²) >= 11 is 6.03. The molecule has 3 rings (SSSR count). The van der Waals surface area contributed by atoms with Crippen molar-refractivity contribution < 1.29 is 4.74 Å². The topological polar surface area (TPSA) is 112 Å². The molecular weight excluding hydrogens is 338 g/mol. The van der Waals surface area contributed by atoms with Crippen LogP contribution in [0.3, 0.4) is 0 Å². The summed E-state index contributed by atoms with van der Waals surface area (Å²) in [5.41, 5.74) is 17.5. The van der Waals surface area contributed by atoms with Crippen LogP contribution in [0.1, 0.15) is 5.56 Å². The Morgan fingerprint density at radius 3 is 2.44 bits per heavy atom. The number of benzene rings is 2. The number of rotatable bonds is 5. The molecule has 0 aliphatic rings. The summed E-state index contributed by atoms with van der Waals surface area (Å²) in [7, 11) is 0. The monoisotopic (exact) mass is 355 g/mol. The largest absolute Gasteiger partial charge is 0.486 e. The van der Waals surface area contributed by atoms with Crippen molar-refractivity contribution >= 4 is 28.9 Å². The number of nitrogens with zero attached hydrogens (tertiary/aromatic N) is 1. The number of anilines is 3. The maximum atomic E-state index is 6.03. The number of hydrogen-bond acceptors (Lipinski definition) is 6. The van der Waals surface area contributed by atoms with E-state index in [9.17, 15) is 0 Å². The van der Waals surface area contributed by atoms with Gasteiger partial charge in [0.2, 0.25) is 0 Å². The van der Waals surface area contributed by atoms with Gasteiger partial charge in [-0.1, -0.05) is 48.0 Å². The van der Waals surface area contributed by atoms with E-state index in [2.05, 4.69) is 10.4 Å². The molecule has 0 radical (unpaired) electrons. The zero-order valence-electron chi connectivity index (χ0n) is 13.4. The van der Waals surface area contributed by atoms with E-state index in [1.165, 1.54) is 0 Å². The van der Waals surface area contributed by atoms with Crippen LogP contribution in [-0.2, 0) is 6.61 Å². The van der Waals surface area contributed by atoms with Crippen molar-refractivity contribution in [1.29, 1.82) is 0 Å². The van der Waals surface area contributed by atoms with Crippen LogP contribution in [0, 0.1) is 0 Å². The van der Waals surface area contributed by atoms with Crippen LogP contribution in [0.15, 0.2) is 54.6 Å². The lowest BCUT2D eigenvalue weighted by Crippen LogP contribution is -2.13. The second-order valence-corrected chi connectivity index (χ2v) is 5.88. The molecule has 128 valence electrons. The molecule has 0 amide bonds. The molecule has 0 atom stereocenters. The summed E-state index contributed by atoms with van der Waals surface area (Å²) in [5.74, 6) is 6.35. The third-order valence-corrected chi connectivity index (χ3v) is 3.92. The molecule has 0 aliphatic carbocycles. The molecule has 0 fully saturated rings. The Bertz CT molecular complexity index is 883. The number of nitrogen functional groups attached to an aromatic ring is 3. The van der Waals surface area contributed by atoms with Gasteiger partial charge in [-0.25, -0.2) is 10.8 Å². The highest BCUT2D eigenvalue weighted by Gasteiger charge is 2.09. The number of ether oxygens (including phenoxy) is 1. The second-order valence-electron chi connectivity index (χ2n) is 5.45. The second kappa shape index (κ2) is 7.29. The highest BCUT2D eigenvalue weighted by atomic mass is 35.5. The minimum absolute atomic E-state index is 0.272. The van der Waals surface area contributed by atoms with Crippen molar-refractivity contribution in [2.24, 2.45) is 5.84 Å². The Morgan fingerprint density at radius 1 is 1.00 bits per heavy atom. The minimum atomic E-state index is 0.272. The molecule has 25 heavy (non-hydrogen) atoms. The fraction of sp³-hybridized carbons (Fsp3) is 0.0556. The van der Waals surface area contributed by atoms with Crippen LogP contribution in [0.4, 0.5) is 17.3 Å². The molecule has 7 N–H and O–H groups in total. The first-order chi connectivity index (χ1) is 12.1. The Kier molecular flexibility index (Phi) is 4.92. The molecule has 2 aromatic carbocycles. The first-order valence-corrected chi connectivity index (χ1v) is 7.95. The molecule has 1 aromatic heterocycles. The smallest absolute Gasteiger partial charge is 0.169 e. The number of hydrazine groups is 1. The SMILES string of the molecule is NNc1nc(N)cc(OCc2ccc(-c3cccc(Cl)c3)cc2)c1N. The van der Waals surface area contributed by atoms with Crippen molar-refractivity contribution in [3.63, 3.8) is 0 Å². The number of aromatic nitrogens is 1. The van der Waals surface area contributed by atoms with Crippen LogP contribution < -0.4 is 27.5 Å². The van der Waals surface area contributed by atoms with Crippen LogP contribution in [0.2, 0.25) is 5.02 Å². The normalized spacial score (nSPS) is 10.5. The summed E-state index contributed by atoms with van der Waals surface area (Å²) in [6.45, 7) is 0.341. The number of pyridine rings is 1. The van der Waals surface area contributed by atoms with Gasteiger partial charge >= 0.3 is 0 Å². The van der Waals surface area contributed by atoms with Gasteiger partial charge in [0.1, 0.15) is 23.9 Å². The van der Waals surface area contributed by atoms with Crippen LogP contribution in [-0.4, -0.2) is 4.98 Å². The molecule has 0 saturated heterocycles. The Balaban J connectivity index is 1.73. The third-order valence-electron chi connectivity index (χ3n) is 3.68. The summed E-state index contributed by atoms with van der Waals surface area (Å²) in [6, 6.07) is 17.3. The standard InChI is InChI=1S/C18H18ClN5O/c19-14-3-1-2-13(8-14)12-6-4-11(5-7-12)10-25-15-9-16(20)23-18(24-22)17(15)21/h1-9H,10,21-22H2,(H3,20,23,24). The van der Waals surface area contributed by atoms with E-state index < -0.39 is 0 Å². The lowest BCUT2D eigenvalue weighted by molar-refractivity contribution is 0.308.